The average Bonchev–Trinajstić information content (AvgIpc) is 3.29. The summed E-state index contributed by atoms with van der Waals surface area (Å²) in [4.78, 5) is 13.4. The summed E-state index contributed by atoms with van der Waals surface area (Å²) in [7, 11) is -3.81. The molecule has 0 saturated carbocycles. The van der Waals surface area contributed by atoms with Gasteiger partial charge in [-0.2, -0.15) is 4.31 Å². The van der Waals surface area contributed by atoms with Gasteiger partial charge in [0.05, 0.1) is 23.0 Å². The molecule has 0 aromatic heterocycles. The van der Waals surface area contributed by atoms with Gasteiger partial charge in [0.2, 0.25) is 10.0 Å². The SMILES string of the molecule is Cc1cc(Nc2ccc(S(=O)(=O)N3CCOCC3)cc2[N+](=O)[O-])ccc1N1CCCC1. The number of benzene rings is 2. The van der Waals surface area contributed by atoms with Crippen molar-refractivity contribution in [2.45, 2.75) is 24.7 Å². The van der Waals surface area contributed by atoms with Gasteiger partial charge in [-0.3, -0.25) is 10.1 Å². The number of ether oxygens (including phenoxy) is 1. The van der Waals surface area contributed by atoms with E-state index < -0.39 is 14.9 Å². The summed E-state index contributed by atoms with van der Waals surface area (Å²) in [5.41, 5.74) is 2.94. The molecule has 2 fully saturated rings. The molecule has 0 radical (unpaired) electrons. The van der Waals surface area contributed by atoms with Crippen LogP contribution in [0.4, 0.5) is 22.7 Å². The lowest BCUT2D eigenvalue weighted by atomic mass is 10.1. The minimum absolute atomic E-state index is 0.0905. The standard InChI is InChI=1S/C21H26N4O5S/c1-16-14-17(4-7-20(16)23-8-2-3-9-23)22-19-6-5-18(15-21(19)25(26)27)31(28,29)24-10-12-30-13-11-24/h4-7,14-15,22H,2-3,8-13H2,1H3. The molecule has 4 rings (SSSR count). The molecule has 2 aliphatic rings. The second kappa shape index (κ2) is 8.81. The maximum absolute atomic E-state index is 12.9. The van der Waals surface area contributed by atoms with E-state index in [9.17, 15) is 18.5 Å². The van der Waals surface area contributed by atoms with Gasteiger partial charge in [-0.1, -0.05) is 0 Å². The van der Waals surface area contributed by atoms with E-state index in [1.165, 1.54) is 35.0 Å². The van der Waals surface area contributed by atoms with Crippen molar-refractivity contribution < 1.29 is 18.1 Å². The Bertz CT molecular complexity index is 1080. The third kappa shape index (κ3) is 4.51. The number of aryl methyl sites for hydroxylation is 1. The number of nitrogens with one attached hydrogen (secondary N) is 1. The minimum atomic E-state index is -3.81. The molecule has 2 saturated heterocycles. The smallest absolute Gasteiger partial charge is 0.294 e. The highest BCUT2D eigenvalue weighted by Gasteiger charge is 2.29. The summed E-state index contributed by atoms with van der Waals surface area (Å²) in [6.45, 7) is 5.20. The van der Waals surface area contributed by atoms with Crippen LogP contribution in [0.3, 0.4) is 0 Å². The number of hydrogen-bond acceptors (Lipinski definition) is 7. The largest absolute Gasteiger partial charge is 0.379 e. The number of anilines is 3. The quantitative estimate of drug-likeness (QED) is 0.536. The normalized spacial score (nSPS) is 17.6. The van der Waals surface area contributed by atoms with Gasteiger partial charge >= 0.3 is 0 Å². The first-order chi connectivity index (χ1) is 14.9. The molecule has 0 atom stereocenters. The summed E-state index contributed by atoms with van der Waals surface area (Å²) in [5.74, 6) is 0. The molecule has 166 valence electrons. The van der Waals surface area contributed by atoms with Crippen molar-refractivity contribution in [3.05, 3.63) is 52.1 Å². The highest BCUT2D eigenvalue weighted by molar-refractivity contribution is 7.89. The molecule has 31 heavy (non-hydrogen) atoms. The molecule has 10 heteroatoms. The molecule has 2 aromatic rings. The van der Waals surface area contributed by atoms with E-state index in [1.807, 2.05) is 25.1 Å². The van der Waals surface area contributed by atoms with Crippen molar-refractivity contribution >= 4 is 32.8 Å². The lowest BCUT2D eigenvalue weighted by Gasteiger charge is -2.26. The molecular weight excluding hydrogens is 420 g/mol. The second-order valence-corrected chi connectivity index (χ2v) is 9.71. The zero-order chi connectivity index (χ0) is 22.0. The van der Waals surface area contributed by atoms with Gasteiger partial charge in [-0.15, -0.1) is 0 Å². The van der Waals surface area contributed by atoms with Crippen molar-refractivity contribution in [2.75, 3.05) is 49.6 Å². The summed E-state index contributed by atoms with van der Waals surface area (Å²) in [5, 5.41) is 14.8. The molecule has 0 unspecified atom stereocenters. The predicted molar refractivity (Wildman–Crippen MR) is 119 cm³/mol. The Kier molecular flexibility index (Phi) is 6.12. The van der Waals surface area contributed by atoms with Gasteiger partial charge in [-0.25, -0.2) is 8.42 Å². The Hall–Kier alpha value is -2.69. The zero-order valence-corrected chi connectivity index (χ0v) is 18.2. The molecule has 9 nitrogen and oxygen atoms in total. The molecule has 2 heterocycles. The van der Waals surface area contributed by atoms with E-state index in [0.29, 0.717) is 18.9 Å². The van der Waals surface area contributed by atoms with Gasteiger partial charge < -0.3 is 15.0 Å². The van der Waals surface area contributed by atoms with Crippen LogP contribution in [-0.4, -0.2) is 57.0 Å². The fraction of sp³-hybridized carbons (Fsp3) is 0.429. The van der Waals surface area contributed by atoms with Gasteiger partial charge in [0.25, 0.3) is 5.69 Å². The number of morpholine rings is 1. The van der Waals surface area contributed by atoms with Crippen LogP contribution in [0.15, 0.2) is 41.3 Å². The molecule has 2 aromatic carbocycles. The van der Waals surface area contributed by atoms with Crippen molar-refractivity contribution in [2.24, 2.45) is 0 Å². The number of rotatable bonds is 6. The number of nitro benzene ring substituents is 1. The van der Waals surface area contributed by atoms with E-state index in [1.54, 1.807) is 0 Å². The van der Waals surface area contributed by atoms with Crippen LogP contribution in [0.25, 0.3) is 0 Å². The second-order valence-electron chi connectivity index (χ2n) is 7.77. The van der Waals surface area contributed by atoms with Crippen LogP contribution in [0.5, 0.6) is 0 Å². The Morgan fingerprint density at radius 3 is 2.39 bits per heavy atom. The third-order valence-electron chi connectivity index (χ3n) is 5.70. The Morgan fingerprint density at radius 1 is 1.03 bits per heavy atom. The van der Waals surface area contributed by atoms with Gasteiger partial charge in [-0.05, 0) is 55.7 Å². The van der Waals surface area contributed by atoms with Crippen molar-refractivity contribution in [3.8, 4) is 0 Å². The lowest BCUT2D eigenvalue weighted by Crippen LogP contribution is -2.40. The van der Waals surface area contributed by atoms with Crippen molar-refractivity contribution in [3.63, 3.8) is 0 Å². The molecule has 1 N–H and O–H groups in total. The van der Waals surface area contributed by atoms with Gasteiger partial charge in [0.1, 0.15) is 5.69 Å². The van der Waals surface area contributed by atoms with Crippen molar-refractivity contribution in [1.82, 2.24) is 4.31 Å². The monoisotopic (exact) mass is 446 g/mol. The van der Waals surface area contributed by atoms with Crippen molar-refractivity contribution in [1.29, 1.82) is 0 Å². The Labute approximate surface area is 181 Å². The van der Waals surface area contributed by atoms with Crippen LogP contribution < -0.4 is 10.2 Å². The van der Waals surface area contributed by atoms with E-state index in [2.05, 4.69) is 10.2 Å². The predicted octanol–water partition coefficient (Wildman–Crippen LogP) is 3.27. The molecule has 2 aliphatic heterocycles. The zero-order valence-electron chi connectivity index (χ0n) is 17.4. The number of nitro groups is 1. The van der Waals surface area contributed by atoms with Crippen LogP contribution >= 0.6 is 0 Å². The lowest BCUT2D eigenvalue weighted by molar-refractivity contribution is -0.384. The Morgan fingerprint density at radius 2 is 1.74 bits per heavy atom. The summed E-state index contributed by atoms with van der Waals surface area (Å²) in [6, 6.07) is 9.85. The van der Waals surface area contributed by atoms with Crippen LogP contribution in [0.2, 0.25) is 0 Å². The van der Waals surface area contributed by atoms with E-state index in [4.69, 9.17) is 4.74 Å². The fourth-order valence-electron chi connectivity index (χ4n) is 4.07. The highest BCUT2D eigenvalue weighted by atomic mass is 32.2. The highest BCUT2D eigenvalue weighted by Crippen LogP contribution is 2.33. The number of nitrogens with zero attached hydrogens (tertiary/aromatic N) is 3. The summed E-state index contributed by atoms with van der Waals surface area (Å²) < 4.78 is 32.2. The first kappa shape index (κ1) is 21.5. The first-order valence-corrected chi connectivity index (χ1v) is 11.8. The van der Waals surface area contributed by atoms with Gasteiger partial charge in [0.15, 0.2) is 0 Å². The molecule has 0 amide bonds. The number of sulfonamides is 1. The first-order valence-electron chi connectivity index (χ1n) is 10.4. The molecule has 0 aliphatic carbocycles. The third-order valence-corrected chi connectivity index (χ3v) is 7.59. The van der Waals surface area contributed by atoms with Crippen LogP contribution in [0.1, 0.15) is 18.4 Å². The topological polar surface area (TPSA) is 105 Å². The average molecular weight is 447 g/mol. The van der Waals surface area contributed by atoms with E-state index in [0.717, 1.165) is 24.7 Å². The van der Waals surface area contributed by atoms with Gasteiger partial charge in [0, 0.05) is 43.6 Å². The van der Waals surface area contributed by atoms with Crippen LogP contribution in [-0.2, 0) is 14.8 Å². The minimum Gasteiger partial charge on any atom is -0.379 e. The van der Waals surface area contributed by atoms with E-state index in [-0.39, 0.29) is 29.4 Å². The molecular formula is C21H26N4O5S. The number of hydrogen-bond donors (Lipinski definition) is 1. The fourth-order valence-corrected chi connectivity index (χ4v) is 5.49. The summed E-state index contributed by atoms with van der Waals surface area (Å²) >= 11 is 0. The maximum Gasteiger partial charge on any atom is 0.294 e. The van der Waals surface area contributed by atoms with E-state index >= 15 is 0 Å². The summed E-state index contributed by atoms with van der Waals surface area (Å²) in [6.07, 6.45) is 2.37. The molecule has 0 bridgehead atoms. The molecule has 0 spiro atoms. The maximum atomic E-state index is 12.9. The van der Waals surface area contributed by atoms with Crippen LogP contribution in [0, 0.1) is 17.0 Å². The Balaban J connectivity index is 1.60.